The van der Waals surface area contributed by atoms with Gasteiger partial charge in [-0.05, 0) is 42.8 Å². The van der Waals surface area contributed by atoms with Crippen molar-refractivity contribution < 1.29 is 14.0 Å². The largest absolute Gasteiger partial charge is 0.355 e. The highest BCUT2D eigenvalue weighted by molar-refractivity contribution is 5.95. The topological polar surface area (TPSA) is 65.5 Å². The van der Waals surface area contributed by atoms with Crippen molar-refractivity contribution in [3.8, 4) is 0 Å². The molecule has 2 aromatic rings. The summed E-state index contributed by atoms with van der Waals surface area (Å²) in [6.07, 6.45) is 2.47. The van der Waals surface area contributed by atoms with E-state index in [0.717, 1.165) is 18.8 Å². The first-order valence-corrected chi connectivity index (χ1v) is 9.81. The number of carbonyl (C=O) groups excluding carboxylic acids is 2. The van der Waals surface area contributed by atoms with Gasteiger partial charge in [0.2, 0.25) is 5.91 Å². The first kappa shape index (κ1) is 20.8. The molecule has 6 nitrogen and oxygen atoms in total. The van der Waals surface area contributed by atoms with Gasteiger partial charge in [-0.2, -0.15) is 0 Å². The van der Waals surface area contributed by atoms with E-state index in [2.05, 4.69) is 15.2 Å². The number of amides is 2. The SMILES string of the molecule is CC(C)(C)C(=O)Nc1ccc(N2CCCN(C(=O)c3ccc(F)cc3)CC2)nc1. The van der Waals surface area contributed by atoms with Crippen LogP contribution in [-0.4, -0.2) is 47.9 Å². The Hall–Kier alpha value is -2.96. The molecule has 1 aliphatic heterocycles. The van der Waals surface area contributed by atoms with Gasteiger partial charge in [0.15, 0.2) is 0 Å². The third kappa shape index (κ3) is 5.31. The molecule has 1 fully saturated rings. The Morgan fingerprint density at radius 1 is 1.00 bits per heavy atom. The van der Waals surface area contributed by atoms with Gasteiger partial charge in [-0.3, -0.25) is 9.59 Å². The first-order valence-electron chi connectivity index (χ1n) is 9.81. The van der Waals surface area contributed by atoms with Crippen LogP contribution in [0.4, 0.5) is 15.9 Å². The highest BCUT2D eigenvalue weighted by Crippen LogP contribution is 2.20. The van der Waals surface area contributed by atoms with Crippen molar-refractivity contribution in [1.29, 1.82) is 0 Å². The summed E-state index contributed by atoms with van der Waals surface area (Å²) in [5.41, 5.74) is 0.692. The Kier molecular flexibility index (Phi) is 6.15. The molecule has 1 N–H and O–H groups in total. The molecule has 0 unspecified atom stereocenters. The van der Waals surface area contributed by atoms with Gasteiger partial charge >= 0.3 is 0 Å². The molecule has 1 saturated heterocycles. The van der Waals surface area contributed by atoms with E-state index in [-0.39, 0.29) is 17.6 Å². The summed E-state index contributed by atoms with van der Waals surface area (Å²) in [5, 5.41) is 2.87. The van der Waals surface area contributed by atoms with Gasteiger partial charge in [0.25, 0.3) is 5.91 Å². The molecule has 0 saturated carbocycles. The van der Waals surface area contributed by atoms with Crippen LogP contribution in [0.5, 0.6) is 0 Å². The lowest BCUT2D eigenvalue weighted by atomic mass is 9.96. The summed E-state index contributed by atoms with van der Waals surface area (Å²) >= 11 is 0. The third-order valence-corrected chi connectivity index (χ3v) is 4.89. The fraction of sp³-hybridized carbons (Fsp3) is 0.409. The summed E-state index contributed by atoms with van der Waals surface area (Å²) in [6.45, 7) is 8.25. The molecule has 2 heterocycles. The van der Waals surface area contributed by atoms with E-state index < -0.39 is 5.41 Å². The highest BCUT2D eigenvalue weighted by Gasteiger charge is 2.23. The molecule has 0 radical (unpaired) electrons. The average Bonchev–Trinajstić information content (AvgIpc) is 2.94. The molecule has 3 rings (SSSR count). The number of benzene rings is 1. The van der Waals surface area contributed by atoms with Gasteiger partial charge in [-0.15, -0.1) is 0 Å². The van der Waals surface area contributed by atoms with Crippen LogP contribution in [-0.2, 0) is 4.79 Å². The predicted molar refractivity (Wildman–Crippen MR) is 111 cm³/mol. The summed E-state index contributed by atoms with van der Waals surface area (Å²) in [6, 6.07) is 9.38. The van der Waals surface area contributed by atoms with Crippen molar-refractivity contribution in [2.24, 2.45) is 5.41 Å². The van der Waals surface area contributed by atoms with Crippen LogP contribution in [0.25, 0.3) is 0 Å². The first-order chi connectivity index (χ1) is 13.7. The standard InChI is InChI=1S/C22H27FN4O2/c1-22(2,3)21(29)25-18-9-10-19(24-15-18)26-11-4-12-27(14-13-26)20(28)16-5-7-17(23)8-6-16/h5-10,15H,4,11-14H2,1-3H3,(H,25,29). The van der Waals surface area contributed by atoms with Gasteiger partial charge in [0, 0.05) is 37.2 Å². The van der Waals surface area contributed by atoms with Crippen LogP contribution in [0.2, 0.25) is 0 Å². The lowest BCUT2D eigenvalue weighted by Crippen LogP contribution is -2.35. The number of nitrogens with zero attached hydrogens (tertiary/aromatic N) is 3. The summed E-state index contributed by atoms with van der Waals surface area (Å²) in [7, 11) is 0. The Bertz CT molecular complexity index is 860. The van der Waals surface area contributed by atoms with E-state index in [1.54, 1.807) is 11.1 Å². The highest BCUT2D eigenvalue weighted by atomic mass is 19.1. The van der Waals surface area contributed by atoms with Crippen LogP contribution >= 0.6 is 0 Å². The van der Waals surface area contributed by atoms with Crippen molar-refractivity contribution in [2.45, 2.75) is 27.2 Å². The van der Waals surface area contributed by atoms with E-state index in [0.29, 0.717) is 30.9 Å². The van der Waals surface area contributed by atoms with Gasteiger partial charge in [-0.1, -0.05) is 20.8 Å². The lowest BCUT2D eigenvalue weighted by molar-refractivity contribution is -0.123. The quantitative estimate of drug-likeness (QED) is 0.859. The number of pyridine rings is 1. The second-order valence-electron chi connectivity index (χ2n) is 8.25. The molecule has 154 valence electrons. The van der Waals surface area contributed by atoms with Crippen LogP contribution in [0.15, 0.2) is 42.6 Å². The minimum absolute atomic E-state index is 0.0585. The molecule has 2 amide bonds. The van der Waals surface area contributed by atoms with Gasteiger partial charge in [-0.25, -0.2) is 9.37 Å². The Labute approximate surface area is 170 Å². The number of nitrogens with one attached hydrogen (secondary N) is 1. The van der Waals surface area contributed by atoms with E-state index in [9.17, 15) is 14.0 Å². The smallest absolute Gasteiger partial charge is 0.253 e. The van der Waals surface area contributed by atoms with E-state index in [1.807, 2.05) is 32.9 Å². The van der Waals surface area contributed by atoms with E-state index >= 15 is 0 Å². The summed E-state index contributed by atoms with van der Waals surface area (Å²) < 4.78 is 13.1. The number of hydrogen-bond acceptors (Lipinski definition) is 4. The minimum Gasteiger partial charge on any atom is -0.355 e. The molecule has 29 heavy (non-hydrogen) atoms. The van der Waals surface area contributed by atoms with Crippen molar-refractivity contribution in [3.05, 3.63) is 54.0 Å². The Balaban J connectivity index is 1.61. The maximum atomic E-state index is 13.1. The van der Waals surface area contributed by atoms with Crippen molar-refractivity contribution in [1.82, 2.24) is 9.88 Å². The van der Waals surface area contributed by atoms with Crippen LogP contribution < -0.4 is 10.2 Å². The molecular weight excluding hydrogens is 371 g/mol. The number of halogens is 1. The second kappa shape index (κ2) is 8.59. The van der Waals surface area contributed by atoms with E-state index in [4.69, 9.17) is 0 Å². The normalized spacial score (nSPS) is 15.0. The lowest BCUT2D eigenvalue weighted by Gasteiger charge is -2.23. The maximum Gasteiger partial charge on any atom is 0.253 e. The van der Waals surface area contributed by atoms with Crippen LogP contribution in [0, 0.1) is 11.2 Å². The molecule has 0 spiro atoms. The number of rotatable bonds is 3. The minimum atomic E-state index is -0.468. The van der Waals surface area contributed by atoms with Crippen LogP contribution in [0.3, 0.4) is 0 Å². The van der Waals surface area contributed by atoms with Gasteiger partial charge in [0.05, 0.1) is 11.9 Å². The van der Waals surface area contributed by atoms with Gasteiger partial charge < -0.3 is 15.1 Å². The fourth-order valence-electron chi connectivity index (χ4n) is 3.09. The number of anilines is 2. The molecule has 1 aromatic carbocycles. The fourth-order valence-corrected chi connectivity index (χ4v) is 3.09. The average molecular weight is 398 g/mol. The third-order valence-electron chi connectivity index (χ3n) is 4.89. The number of aromatic nitrogens is 1. The Morgan fingerprint density at radius 3 is 2.34 bits per heavy atom. The molecule has 7 heteroatoms. The molecule has 1 aliphatic rings. The molecule has 0 atom stereocenters. The molecule has 0 aliphatic carbocycles. The monoisotopic (exact) mass is 398 g/mol. The van der Waals surface area contributed by atoms with Gasteiger partial charge in [0.1, 0.15) is 11.6 Å². The number of hydrogen-bond donors (Lipinski definition) is 1. The number of carbonyl (C=O) groups is 2. The van der Waals surface area contributed by atoms with E-state index in [1.165, 1.54) is 24.3 Å². The summed E-state index contributed by atoms with van der Waals surface area (Å²) in [4.78, 5) is 33.2. The zero-order valence-corrected chi connectivity index (χ0v) is 17.1. The van der Waals surface area contributed by atoms with Crippen LogP contribution in [0.1, 0.15) is 37.6 Å². The second-order valence-corrected chi connectivity index (χ2v) is 8.25. The maximum absolute atomic E-state index is 13.1. The predicted octanol–water partition coefficient (Wildman–Crippen LogP) is 3.56. The molecule has 1 aromatic heterocycles. The van der Waals surface area contributed by atoms with Crippen molar-refractivity contribution in [3.63, 3.8) is 0 Å². The summed E-state index contributed by atoms with van der Waals surface area (Å²) in [5.74, 6) is 0.323. The zero-order chi connectivity index (χ0) is 21.0. The molecule has 0 bridgehead atoms. The zero-order valence-electron chi connectivity index (χ0n) is 17.1. The van der Waals surface area contributed by atoms with Crippen molar-refractivity contribution >= 4 is 23.3 Å². The van der Waals surface area contributed by atoms with Crippen molar-refractivity contribution in [2.75, 3.05) is 36.4 Å². The molecular formula is C22H27FN4O2. The Morgan fingerprint density at radius 2 is 1.72 bits per heavy atom.